The van der Waals surface area contributed by atoms with Gasteiger partial charge in [0.1, 0.15) is 7.11 Å². The van der Waals surface area contributed by atoms with Crippen molar-refractivity contribution >= 4 is 17.5 Å². The molecule has 0 radical (unpaired) electrons. The molecule has 0 heterocycles. The van der Waals surface area contributed by atoms with E-state index in [1.165, 1.54) is 14.2 Å². The molecule has 0 unspecified atom stereocenters. The Hall–Kier alpha value is -2.04. The average molecular weight is 264 g/mol. The Balaban J connectivity index is 3.43. The largest absolute Gasteiger partial charge is 0.453 e. The number of oxime groups is 1. The number of nitrogens with one attached hydrogen (secondary N) is 1. The summed E-state index contributed by atoms with van der Waals surface area (Å²) in [5, 5.41) is 6.66. The van der Waals surface area contributed by atoms with Crippen molar-refractivity contribution in [2.24, 2.45) is 5.16 Å². The van der Waals surface area contributed by atoms with Gasteiger partial charge >= 0.3 is 6.09 Å². The van der Waals surface area contributed by atoms with E-state index in [1.807, 2.05) is 33.8 Å². The number of carbonyl (C=O) groups excluding carboxylic acids is 1. The van der Waals surface area contributed by atoms with E-state index in [2.05, 4.69) is 15.2 Å². The van der Waals surface area contributed by atoms with E-state index in [0.717, 1.165) is 22.3 Å². The minimum absolute atomic E-state index is 0.505. The molecule has 1 aromatic rings. The zero-order chi connectivity index (χ0) is 14.6. The molecule has 5 nitrogen and oxygen atoms in total. The summed E-state index contributed by atoms with van der Waals surface area (Å²) < 4.78 is 4.64. The van der Waals surface area contributed by atoms with Crippen molar-refractivity contribution < 1.29 is 14.4 Å². The highest BCUT2D eigenvalue weighted by Crippen LogP contribution is 2.27. The lowest BCUT2D eigenvalue weighted by Gasteiger charge is -2.17. The minimum atomic E-state index is -0.505. The topological polar surface area (TPSA) is 59.9 Å². The molecule has 0 aliphatic heterocycles. The first kappa shape index (κ1) is 15.0. The summed E-state index contributed by atoms with van der Waals surface area (Å²) in [4.78, 5) is 16.2. The summed E-state index contributed by atoms with van der Waals surface area (Å²) in [6, 6.07) is 1.91. The Morgan fingerprint density at radius 3 is 2.37 bits per heavy atom. The predicted molar refractivity (Wildman–Crippen MR) is 75.9 cm³/mol. The normalized spacial score (nSPS) is 11.2. The fourth-order valence-corrected chi connectivity index (χ4v) is 1.99. The minimum Gasteiger partial charge on any atom is -0.453 e. The SMILES string of the molecule is CO/N=C(\C)c1c(NC(=O)OC)cc(C)c(C)c1C. The first-order chi connectivity index (χ1) is 8.92. The maximum Gasteiger partial charge on any atom is 0.411 e. The van der Waals surface area contributed by atoms with Gasteiger partial charge in [-0.3, -0.25) is 5.32 Å². The number of aryl methyl sites for hydroxylation is 1. The molecule has 0 saturated heterocycles. The number of benzene rings is 1. The molecular weight excluding hydrogens is 244 g/mol. The van der Waals surface area contributed by atoms with Crippen LogP contribution in [-0.4, -0.2) is 26.0 Å². The van der Waals surface area contributed by atoms with Crippen molar-refractivity contribution in [2.75, 3.05) is 19.5 Å². The second-order valence-corrected chi connectivity index (χ2v) is 4.34. The summed E-state index contributed by atoms with van der Waals surface area (Å²) in [7, 11) is 2.83. The van der Waals surface area contributed by atoms with Crippen LogP contribution in [-0.2, 0) is 9.57 Å². The van der Waals surface area contributed by atoms with Crippen molar-refractivity contribution in [1.82, 2.24) is 0 Å². The number of ether oxygens (including phenoxy) is 1. The number of amides is 1. The summed E-state index contributed by atoms with van der Waals surface area (Å²) in [5.74, 6) is 0. The highest BCUT2D eigenvalue weighted by atomic mass is 16.6. The van der Waals surface area contributed by atoms with Crippen LogP contribution in [0.1, 0.15) is 29.2 Å². The van der Waals surface area contributed by atoms with E-state index in [9.17, 15) is 4.79 Å². The van der Waals surface area contributed by atoms with Gasteiger partial charge in [0.25, 0.3) is 0 Å². The Labute approximate surface area is 113 Å². The van der Waals surface area contributed by atoms with Crippen molar-refractivity contribution in [3.05, 3.63) is 28.3 Å². The molecule has 1 N–H and O–H groups in total. The van der Waals surface area contributed by atoms with E-state index < -0.39 is 6.09 Å². The first-order valence-electron chi connectivity index (χ1n) is 5.96. The Morgan fingerprint density at radius 2 is 1.84 bits per heavy atom. The molecule has 0 spiro atoms. The van der Waals surface area contributed by atoms with Crippen molar-refractivity contribution in [2.45, 2.75) is 27.7 Å². The molecule has 0 fully saturated rings. The molecule has 1 rings (SSSR count). The molecule has 0 aliphatic carbocycles. The van der Waals surface area contributed by atoms with Crippen LogP contribution < -0.4 is 5.32 Å². The lowest BCUT2D eigenvalue weighted by atomic mass is 9.94. The molecule has 1 amide bonds. The van der Waals surface area contributed by atoms with Crippen LogP contribution in [0.5, 0.6) is 0 Å². The van der Waals surface area contributed by atoms with Crippen LogP contribution in [0.2, 0.25) is 0 Å². The summed E-state index contributed by atoms with van der Waals surface area (Å²) >= 11 is 0. The predicted octanol–water partition coefficient (Wildman–Crippen LogP) is 3.16. The van der Waals surface area contributed by atoms with Gasteiger partial charge in [-0.05, 0) is 50.5 Å². The summed E-state index contributed by atoms with van der Waals surface area (Å²) in [5.41, 5.74) is 5.55. The maximum atomic E-state index is 11.4. The van der Waals surface area contributed by atoms with Crippen LogP contribution in [0.25, 0.3) is 0 Å². The molecule has 5 heteroatoms. The molecule has 0 atom stereocenters. The van der Waals surface area contributed by atoms with Gasteiger partial charge in [-0.15, -0.1) is 0 Å². The smallest absolute Gasteiger partial charge is 0.411 e. The molecular formula is C14H20N2O3. The fraction of sp³-hybridized carbons (Fsp3) is 0.429. The monoisotopic (exact) mass is 264 g/mol. The zero-order valence-corrected chi connectivity index (χ0v) is 12.2. The molecule has 0 aliphatic rings. The number of hydrogen-bond acceptors (Lipinski definition) is 4. The van der Waals surface area contributed by atoms with Crippen molar-refractivity contribution in [3.63, 3.8) is 0 Å². The molecule has 0 bridgehead atoms. The highest BCUT2D eigenvalue weighted by Gasteiger charge is 2.15. The van der Waals surface area contributed by atoms with Gasteiger partial charge in [0.2, 0.25) is 0 Å². The van der Waals surface area contributed by atoms with Gasteiger partial charge in [-0.1, -0.05) is 5.16 Å². The third kappa shape index (κ3) is 3.24. The van der Waals surface area contributed by atoms with Crippen LogP contribution in [0.15, 0.2) is 11.2 Å². The van der Waals surface area contributed by atoms with Crippen LogP contribution in [0.4, 0.5) is 10.5 Å². The quantitative estimate of drug-likeness (QED) is 0.674. The molecule has 1 aromatic carbocycles. The van der Waals surface area contributed by atoms with Crippen molar-refractivity contribution in [3.8, 4) is 0 Å². The third-order valence-electron chi connectivity index (χ3n) is 3.17. The number of nitrogens with zero attached hydrogens (tertiary/aromatic N) is 1. The number of methoxy groups -OCH3 is 1. The fourth-order valence-electron chi connectivity index (χ4n) is 1.99. The first-order valence-corrected chi connectivity index (χ1v) is 5.96. The number of carbonyl (C=O) groups is 1. The van der Waals surface area contributed by atoms with Crippen LogP contribution in [0.3, 0.4) is 0 Å². The van der Waals surface area contributed by atoms with E-state index in [0.29, 0.717) is 11.4 Å². The van der Waals surface area contributed by atoms with Gasteiger partial charge in [0, 0.05) is 5.56 Å². The highest BCUT2D eigenvalue weighted by molar-refractivity contribution is 6.07. The van der Waals surface area contributed by atoms with Gasteiger partial charge in [0.15, 0.2) is 0 Å². The molecule has 0 aromatic heterocycles. The Bertz CT molecular complexity index is 522. The van der Waals surface area contributed by atoms with E-state index in [1.54, 1.807) is 0 Å². The van der Waals surface area contributed by atoms with Gasteiger partial charge in [0.05, 0.1) is 18.5 Å². The van der Waals surface area contributed by atoms with E-state index in [4.69, 9.17) is 4.84 Å². The zero-order valence-electron chi connectivity index (χ0n) is 12.2. The number of anilines is 1. The molecule has 0 saturated carbocycles. The maximum absolute atomic E-state index is 11.4. The Morgan fingerprint density at radius 1 is 1.21 bits per heavy atom. The van der Waals surface area contributed by atoms with Crippen molar-refractivity contribution in [1.29, 1.82) is 0 Å². The summed E-state index contributed by atoms with van der Waals surface area (Å²) in [6.45, 7) is 7.87. The lowest BCUT2D eigenvalue weighted by molar-refractivity contribution is 0.187. The number of hydrogen-bond donors (Lipinski definition) is 1. The lowest BCUT2D eigenvalue weighted by Crippen LogP contribution is -2.16. The number of rotatable bonds is 3. The Kier molecular flexibility index (Phi) is 4.92. The molecule has 19 heavy (non-hydrogen) atoms. The van der Waals surface area contributed by atoms with Crippen LogP contribution in [0, 0.1) is 20.8 Å². The average Bonchev–Trinajstić information content (AvgIpc) is 2.36. The van der Waals surface area contributed by atoms with E-state index >= 15 is 0 Å². The second-order valence-electron chi connectivity index (χ2n) is 4.34. The van der Waals surface area contributed by atoms with Gasteiger partial charge < -0.3 is 9.57 Å². The molecule has 104 valence electrons. The summed E-state index contributed by atoms with van der Waals surface area (Å²) in [6.07, 6.45) is -0.505. The second kappa shape index (κ2) is 6.22. The van der Waals surface area contributed by atoms with E-state index in [-0.39, 0.29) is 0 Å². The third-order valence-corrected chi connectivity index (χ3v) is 3.17. The van der Waals surface area contributed by atoms with Gasteiger partial charge in [-0.25, -0.2) is 4.79 Å². The van der Waals surface area contributed by atoms with Crippen LogP contribution >= 0.6 is 0 Å². The van der Waals surface area contributed by atoms with Gasteiger partial charge in [-0.2, -0.15) is 0 Å². The standard InChI is InChI=1S/C14H20N2O3/c1-8-7-12(15-14(17)18-5)13(10(3)9(8)2)11(4)16-19-6/h7H,1-6H3,(H,15,17)/b16-11+.